The summed E-state index contributed by atoms with van der Waals surface area (Å²) in [6.07, 6.45) is -0.320. The van der Waals surface area contributed by atoms with Crippen LogP contribution in [0.3, 0.4) is 0 Å². The Labute approximate surface area is 224 Å². The van der Waals surface area contributed by atoms with Gasteiger partial charge in [0.05, 0.1) is 42.7 Å². The van der Waals surface area contributed by atoms with E-state index < -0.39 is 11.7 Å². The molecule has 0 bridgehead atoms. The van der Waals surface area contributed by atoms with Gasteiger partial charge in [0.15, 0.2) is 29.1 Å². The minimum absolute atomic E-state index is 0.245. The molecule has 3 aromatic rings. The first kappa shape index (κ1) is 27.3. The van der Waals surface area contributed by atoms with E-state index in [0.29, 0.717) is 57.8 Å². The summed E-state index contributed by atoms with van der Waals surface area (Å²) in [6, 6.07) is 13.2. The lowest BCUT2D eigenvalue weighted by molar-refractivity contribution is -0.0871. The van der Waals surface area contributed by atoms with Gasteiger partial charge in [0.1, 0.15) is 11.4 Å². The topological polar surface area (TPSA) is 84.8 Å². The zero-order valence-electron chi connectivity index (χ0n) is 23.2. The standard InChI is InChI=1S/C30H36O8/c1-17-14-18-15-21(32-3)25(34-5)27(36-7)23(18)24-20(16-22(33-4)26(35-6)28(24)37-8)29(30(17,2)31)38-19-12-10-9-11-13-19/h9-13,15-17,29,31H,14H2,1-8H3. The minimum atomic E-state index is -1.31. The van der Waals surface area contributed by atoms with Crippen LogP contribution in [0.4, 0.5) is 0 Å². The van der Waals surface area contributed by atoms with Gasteiger partial charge in [0.2, 0.25) is 11.5 Å². The predicted octanol–water partition coefficient (Wildman–Crippen LogP) is 5.47. The molecule has 0 radical (unpaired) electrons. The molecule has 0 aromatic heterocycles. The van der Waals surface area contributed by atoms with Gasteiger partial charge in [-0.3, -0.25) is 0 Å². The van der Waals surface area contributed by atoms with Crippen LogP contribution in [0, 0.1) is 5.92 Å². The Bertz CT molecular complexity index is 1290. The number of methoxy groups -OCH3 is 6. The van der Waals surface area contributed by atoms with Crippen LogP contribution in [0.1, 0.15) is 31.1 Å². The zero-order chi connectivity index (χ0) is 27.6. The molecule has 0 amide bonds. The van der Waals surface area contributed by atoms with Crippen molar-refractivity contribution in [3.05, 3.63) is 53.6 Å². The lowest BCUT2D eigenvalue weighted by Crippen LogP contribution is -2.44. The van der Waals surface area contributed by atoms with Crippen molar-refractivity contribution in [2.45, 2.75) is 32.0 Å². The average Bonchev–Trinajstić information content (AvgIpc) is 2.93. The van der Waals surface area contributed by atoms with E-state index in [9.17, 15) is 5.11 Å². The van der Waals surface area contributed by atoms with E-state index in [1.54, 1.807) is 49.6 Å². The molecular weight excluding hydrogens is 488 g/mol. The first-order valence-corrected chi connectivity index (χ1v) is 12.4. The van der Waals surface area contributed by atoms with E-state index in [0.717, 1.165) is 11.1 Å². The highest BCUT2D eigenvalue weighted by atomic mass is 16.5. The van der Waals surface area contributed by atoms with Gasteiger partial charge >= 0.3 is 0 Å². The van der Waals surface area contributed by atoms with Crippen molar-refractivity contribution >= 4 is 0 Å². The Balaban J connectivity index is 2.20. The van der Waals surface area contributed by atoms with E-state index >= 15 is 0 Å². The van der Waals surface area contributed by atoms with Crippen LogP contribution in [-0.4, -0.2) is 53.4 Å². The maximum absolute atomic E-state index is 12.1. The van der Waals surface area contributed by atoms with Crippen LogP contribution in [0.15, 0.2) is 42.5 Å². The fraction of sp³-hybridized carbons (Fsp3) is 0.400. The van der Waals surface area contributed by atoms with Crippen molar-refractivity contribution in [3.63, 3.8) is 0 Å². The Morgan fingerprint density at radius 1 is 0.711 bits per heavy atom. The number of benzene rings is 3. The summed E-state index contributed by atoms with van der Waals surface area (Å²) >= 11 is 0. The molecule has 38 heavy (non-hydrogen) atoms. The molecule has 8 heteroatoms. The number of fused-ring (bicyclic) bond motifs is 3. The molecule has 0 aliphatic heterocycles. The number of rotatable bonds is 8. The highest BCUT2D eigenvalue weighted by Crippen LogP contribution is 2.58. The molecule has 1 aliphatic rings. The van der Waals surface area contributed by atoms with Crippen molar-refractivity contribution in [1.82, 2.24) is 0 Å². The Morgan fingerprint density at radius 3 is 1.76 bits per heavy atom. The lowest BCUT2D eigenvalue weighted by atomic mass is 9.73. The third-order valence-electron chi connectivity index (χ3n) is 7.36. The maximum atomic E-state index is 12.1. The summed E-state index contributed by atoms with van der Waals surface area (Å²) < 4.78 is 41.4. The second-order valence-corrected chi connectivity index (χ2v) is 9.43. The summed E-state index contributed by atoms with van der Waals surface area (Å²) in [4.78, 5) is 0. The fourth-order valence-electron chi connectivity index (χ4n) is 5.21. The molecule has 0 heterocycles. The molecule has 3 aromatic carbocycles. The van der Waals surface area contributed by atoms with Crippen LogP contribution >= 0.6 is 0 Å². The second-order valence-electron chi connectivity index (χ2n) is 9.43. The lowest BCUT2D eigenvalue weighted by Gasteiger charge is -2.41. The third-order valence-corrected chi connectivity index (χ3v) is 7.36. The highest BCUT2D eigenvalue weighted by Gasteiger charge is 2.46. The Kier molecular flexibility index (Phi) is 7.83. The smallest absolute Gasteiger partial charge is 0.203 e. The van der Waals surface area contributed by atoms with Crippen molar-refractivity contribution in [3.8, 4) is 51.4 Å². The van der Waals surface area contributed by atoms with Crippen molar-refractivity contribution < 1.29 is 38.3 Å². The molecule has 3 unspecified atom stereocenters. The van der Waals surface area contributed by atoms with Crippen LogP contribution in [0.5, 0.6) is 40.2 Å². The Morgan fingerprint density at radius 2 is 1.24 bits per heavy atom. The summed E-state index contributed by atoms with van der Waals surface area (Å²) in [7, 11) is 9.41. The number of hydrogen-bond acceptors (Lipinski definition) is 8. The number of ether oxygens (including phenoxy) is 7. The van der Waals surface area contributed by atoms with Gasteiger partial charge in [-0.25, -0.2) is 0 Å². The van der Waals surface area contributed by atoms with Crippen molar-refractivity contribution in [2.24, 2.45) is 5.92 Å². The molecule has 1 N–H and O–H groups in total. The molecule has 0 fully saturated rings. The van der Waals surface area contributed by atoms with E-state index in [1.807, 2.05) is 49.4 Å². The summed E-state index contributed by atoms with van der Waals surface area (Å²) in [5.41, 5.74) is 1.60. The second kappa shape index (κ2) is 10.9. The third kappa shape index (κ3) is 4.43. The van der Waals surface area contributed by atoms with Gasteiger partial charge in [-0.05, 0) is 49.1 Å². The number of hydrogen-bond donors (Lipinski definition) is 1. The maximum Gasteiger partial charge on any atom is 0.203 e. The normalized spacial score (nSPS) is 20.2. The van der Waals surface area contributed by atoms with Crippen molar-refractivity contribution in [2.75, 3.05) is 42.7 Å². The van der Waals surface area contributed by atoms with Gasteiger partial charge in [-0.15, -0.1) is 0 Å². The van der Waals surface area contributed by atoms with Gasteiger partial charge < -0.3 is 38.3 Å². The first-order valence-electron chi connectivity index (χ1n) is 12.4. The monoisotopic (exact) mass is 524 g/mol. The fourth-order valence-corrected chi connectivity index (χ4v) is 5.21. The largest absolute Gasteiger partial charge is 0.493 e. The van der Waals surface area contributed by atoms with Crippen LogP contribution in [0.25, 0.3) is 11.1 Å². The predicted molar refractivity (Wildman–Crippen MR) is 144 cm³/mol. The molecule has 0 saturated heterocycles. The molecule has 0 spiro atoms. The molecule has 8 nitrogen and oxygen atoms in total. The van der Waals surface area contributed by atoms with E-state index in [2.05, 4.69) is 0 Å². The SMILES string of the molecule is COc1cc2c(c(OC)c1OC)-c1c(cc(OC)c(OC)c1OC)C(Oc1ccccc1)C(C)(O)C(C)C2. The van der Waals surface area contributed by atoms with Crippen LogP contribution in [0.2, 0.25) is 0 Å². The molecule has 0 saturated carbocycles. The van der Waals surface area contributed by atoms with E-state index in [1.165, 1.54) is 0 Å². The number of para-hydroxylation sites is 1. The van der Waals surface area contributed by atoms with E-state index in [-0.39, 0.29) is 5.92 Å². The van der Waals surface area contributed by atoms with Gasteiger partial charge in [-0.2, -0.15) is 0 Å². The molecule has 204 valence electrons. The van der Waals surface area contributed by atoms with E-state index in [4.69, 9.17) is 33.2 Å². The summed E-state index contributed by atoms with van der Waals surface area (Å²) in [6.45, 7) is 3.79. The quantitative estimate of drug-likeness (QED) is 0.415. The molecular formula is C30H36O8. The highest BCUT2D eigenvalue weighted by molar-refractivity contribution is 5.89. The van der Waals surface area contributed by atoms with Crippen LogP contribution < -0.4 is 33.2 Å². The molecule has 3 atom stereocenters. The van der Waals surface area contributed by atoms with Gasteiger partial charge in [0.25, 0.3) is 0 Å². The molecule has 4 rings (SSSR count). The average molecular weight is 525 g/mol. The first-order chi connectivity index (χ1) is 18.3. The zero-order valence-corrected chi connectivity index (χ0v) is 23.2. The minimum Gasteiger partial charge on any atom is -0.493 e. The molecule has 1 aliphatic carbocycles. The summed E-state index contributed by atoms with van der Waals surface area (Å²) in [5.74, 6) is 3.07. The van der Waals surface area contributed by atoms with Crippen LogP contribution in [-0.2, 0) is 6.42 Å². The van der Waals surface area contributed by atoms with Crippen molar-refractivity contribution in [1.29, 1.82) is 0 Å². The summed E-state index contributed by atoms with van der Waals surface area (Å²) in [5, 5.41) is 12.1. The van der Waals surface area contributed by atoms with Gasteiger partial charge in [0, 0.05) is 16.7 Å². The number of aliphatic hydroxyl groups is 1. The Hall–Kier alpha value is -3.78. The van der Waals surface area contributed by atoms with Gasteiger partial charge in [-0.1, -0.05) is 25.1 Å².